The van der Waals surface area contributed by atoms with E-state index in [9.17, 15) is 8.78 Å². The third-order valence-electron chi connectivity index (χ3n) is 6.39. The van der Waals surface area contributed by atoms with Crippen LogP contribution in [0.25, 0.3) is 0 Å². The van der Waals surface area contributed by atoms with Crippen LogP contribution in [0, 0.1) is 23.5 Å². The molecule has 0 aliphatic heterocycles. The minimum absolute atomic E-state index is 0.00605. The molecule has 29 heavy (non-hydrogen) atoms. The molecule has 3 rings (SSSR count). The Balaban J connectivity index is 1.46. The zero-order chi connectivity index (χ0) is 20.6. The molecule has 2 unspecified atom stereocenters. The fourth-order valence-corrected chi connectivity index (χ4v) is 4.53. The Morgan fingerprint density at radius 1 is 1.03 bits per heavy atom. The molecule has 1 aromatic rings. The van der Waals surface area contributed by atoms with Gasteiger partial charge in [0, 0.05) is 0 Å². The largest absolute Gasteiger partial charge is 0.491 e. The standard InChI is InChI=1S/C26H34F2O/c1-3-19-9-13-21(14-10-19)22-15-11-20(12-16-22)7-5-6-8-23-17-18-24(29-4-2)26(28)25(23)27/h5,7,9,15,17-18,20-21H,3-4,6,8,10-14,16H2,1-2H3. The van der Waals surface area contributed by atoms with Crippen molar-refractivity contribution in [3.8, 4) is 5.75 Å². The zero-order valence-corrected chi connectivity index (χ0v) is 17.9. The Morgan fingerprint density at radius 2 is 1.90 bits per heavy atom. The minimum atomic E-state index is -0.873. The van der Waals surface area contributed by atoms with Crippen molar-refractivity contribution in [2.24, 2.45) is 11.8 Å². The van der Waals surface area contributed by atoms with Crippen LogP contribution in [0.4, 0.5) is 8.78 Å². The van der Waals surface area contributed by atoms with E-state index < -0.39 is 11.6 Å². The van der Waals surface area contributed by atoms with Crippen molar-refractivity contribution in [2.75, 3.05) is 6.61 Å². The first-order valence-corrected chi connectivity index (χ1v) is 11.3. The highest BCUT2D eigenvalue weighted by Gasteiger charge is 2.21. The third-order valence-corrected chi connectivity index (χ3v) is 6.39. The lowest BCUT2D eigenvalue weighted by molar-refractivity contribution is 0.313. The zero-order valence-electron chi connectivity index (χ0n) is 17.9. The van der Waals surface area contributed by atoms with Crippen molar-refractivity contribution in [2.45, 2.75) is 71.6 Å². The van der Waals surface area contributed by atoms with E-state index in [0.717, 1.165) is 18.8 Å². The first-order valence-electron chi connectivity index (χ1n) is 11.3. The lowest BCUT2D eigenvalue weighted by Gasteiger charge is -2.28. The second-order valence-electron chi connectivity index (χ2n) is 8.25. The summed E-state index contributed by atoms with van der Waals surface area (Å²) in [6, 6.07) is 3.16. The summed E-state index contributed by atoms with van der Waals surface area (Å²) in [5.74, 6) is -0.323. The smallest absolute Gasteiger partial charge is 0.200 e. The molecule has 0 heterocycles. The number of aryl methyl sites for hydroxylation is 1. The fourth-order valence-electron chi connectivity index (χ4n) is 4.53. The third kappa shape index (κ3) is 5.81. The van der Waals surface area contributed by atoms with E-state index in [1.807, 2.05) is 0 Å². The molecule has 0 saturated heterocycles. The van der Waals surface area contributed by atoms with Gasteiger partial charge in [-0.2, -0.15) is 4.39 Å². The molecule has 0 bridgehead atoms. The number of benzene rings is 1. The highest BCUT2D eigenvalue weighted by Crippen LogP contribution is 2.36. The molecule has 0 amide bonds. The summed E-state index contributed by atoms with van der Waals surface area (Å²) in [6.45, 7) is 4.34. The van der Waals surface area contributed by atoms with Crippen LogP contribution >= 0.6 is 0 Å². The average molecular weight is 401 g/mol. The summed E-state index contributed by atoms with van der Waals surface area (Å²) >= 11 is 0. The molecular formula is C26H34F2O. The Hall–Kier alpha value is -1.90. The number of allylic oxidation sites excluding steroid dienone is 6. The van der Waals surface area contributed by atoms with Crippen molar-refractivity contribution >= 4 is 0 Å². The summed E-state index contributed by atoms with van der Waals surface area (Å²) in [5.41, 5.74) is 3.70. The maximum atomic E-state index is 14.1. The molecule has 2 aliphatic carbocycles. The predicted molar refractivity (Wildman–Crippen MR) is 116 cm³/mol. The van der Waals surface area contributed by atoms with Crippen LogP contribution in [0.5, 0.6) is 5.75 Å². The van der Waals surface area contributed by atoms with Gasteiger partial charge in [0.1, 0.15) is 0 Å². The van der Waals surface area contributed by atoms with Crippen LogP contribution in [-0.4, -0.2) is 6.61 Å². The van der Waals surface area contributed by atoms with E-state index in [1.165, 1.54) is 44.6 Å². The highest BCUT2D eigenvalue weighted by atomic mass is 19.2. The first kappa shape index (κ1) is 21.8. The van der Waals surface area contributed by atoms with E-state index in [4.69, 9.17) is 4.74 Å². The number of rotatable bonds is 8. The molecule has 1 nitrogen and oxygen atoms in total. The Bertz CT molecular complexity index is 775. The molecular weight excluding hydrogens is 366 g/mol. The lowest BCUT2D eigenvalue weighted by Crippen LogP contribution is -2.13. The number of hydrogen-bond donors (Lipinski definition) is 0. The van der Waals surface area contributed by atoms with E-state index in [-0.39, 0.29) is 5.75 Å². The second-order valence-corrected chi connectivity index (χ2v) is 8.25. The summed E-state index contributed by atoms with van der Waals surface area (Å²) in [4.78, 5) is 0. The first-order chi connectivity index (χ1) is 14.1. The van der Waals surface area contributed by atoms with Crippen LogP contribution in [0.15, 0.2) is 47.6 Å². The molecule has 0 fully saturated rings. The molecule has 2 aliphatic rings. The second kappa shape index (κ2) is 10.8. The monoisotopic (exact) mass is 400 g/mol. The molecule has 0 aromatic heterocycles. The van der Waals surface area contributed by atoms with Crippen LogP contribution in [0.1, 0.15) is 70.8 Å². The van der Waals surface area contributed by atoms with Gasteiger partial charge >= 0.3 is 0 Å². The van der Waals surface area contributed by atoms with Gasteiger partial charge in [0.05, 0.1) is 6.61 Å². The molecule has 3 heteroatoms. The number of ether oxygens (including phenoxy) is 1. The van der Waals surface area contributed by atoms with Gasteiger partial charge in [0.2, 0.25) is 5.82 Å². The van der Waals surface area contributed by atoms with E-state index >= 15 is 0 Å². The van der Waals surface area contributed by atoms with Gasteiger partial charge in [-0.3, -0.25) is 0 Å². The summed E-state index contributed by atoms with van der Waals surface area (Å²) < 4.78 is 33.2. The molecule has 2 atom stereocenters. The van der Waals surface area contributed by atoms with E-state index in [0.29, 0.717) is 24.5 Å². The quantitative estimate of drug-likeness (QED) is 0.406. The Morgan fingerprint density at radius 3 is 2.55 bits per heavy atom. The molecule has 0 radical (unpaired) electrons. The van der Waals surface area contributed by atoms with Crippen LogP contribution in [0.3, 0.4) is 0 Å². The van der Waals surface area contributed by atoms with Gasteiger partial charge in [0.15, 0.2) is 11.6 Å². The van der Waals surface area contributed by atoms with Crippen LogP contribution in [0.2, 0.25) is 0 Å². The van der Waals surface area contributed by atoms with Gasteiger partial charge in [0.25, 0.3) is 0 Å². The molecule has 0 saturated carbocycles. The van der Waals surface area contributed by atoms with Crippen molar-refractivity contribution in [3.05, 3.63) is 64.8 Å². The van der Waals surface area contributed by atoms with Crippen molar-refractivity contribution in [3.63, 3.8) is 0 Å². The van der Waals surface area contributed by atoms with Gasteiger partial charge in [-0.25, -0.2) is 4.39 Å². The highest BCUT2D eigenvalue weighted by molar-refractivity contribution is 5.31. The maximum Gasteiger partial charge on any atom is 0.200 e. The van der Waals surface area contributed by atoms with E-state index in [1.54, 1.807) is 24.1 Å². The van der Waals surface area contributed by atoms with Crippen molar-refractivity contribution < 1.29 is 13.5 Å². The molecule has 158 valence electrons. The normalized spacial score (nSPS) is 22.5. The van der Waals surface area contributed by atoms with Gasteiger partial charge in [-0.05, 0) is 88.2 Å². The molecule has 0 N–H and O–H groups in total. The van der Waals surface area contributed by atoms with Crippen LogP contribution < -0.4 is 4.74 Å². The van der Waals surface area contributed by atoms with Gasteiger partial charge in [-0.1, -0.05) is 48.4 Å². The lowest BCUT2D eigenvalue weighted by atomic mass is 9.77. The number of hydrogen-bond acceptors (Lipinski definition) is 1. The average Bonchev–Trinajstić information content (AvgIpc) is 2.76. The van der Waals surface area contributed by atoms with Crippen molar-refractivity contribution in [1.82, 2.24) is 0 Å². The summed E-state index contributed by atoms with van der Waals surface area (Å²) in [7, 11) is 0. The molecule has 1 aromatic carbocycles. The SMILES string of the molecule is CCOc1ccc(CCC=CC2CC=C(C3CC=C(CC)CC3)CC2)c(F)c1F. The maximum absolute atomic E-state index is 14.1. The minimum Gasteiger partial charge on any atom is -0.491 e. The topological polar surface area (TPSA) is 9.23 Å². The Kier molecular flexibility index (Phi) is 8.09. The van der Waals surface area contributed by atoms with E-state index in [2.05, 4.69) is 31.2 Å². The fraction of sp³-hybridized carbons (Fsp3) is 0.538. The van der Waals surface area contributed by atoms with Gasteiger partial charge in [-0.15, -0.1) is 0 Å². The molecule has 0 spiro atoms. The predicted octanol–water partition coefficient (Wildman–Crippen LogP) is 7.72. The number of halogens is 2. The van der Waals surface area contributed by atoms with Crippen molar-refractivity contribution in [1.29, 1.82) is 0 Å². The Labute approximate surface area is 174 Å². The summed E-state index contributed by atoms with van der Waals surface area (Å²) in [5, 5.41) is 0. The van der Waals surface area contributed by atoms with Gasteiger partial charge < -0.3 is 4.74 Å². The van der Waals surface area contributed by atoms with Crippen LogP contribution in [-0.2, 0) is 6.42 Å². The summed E-state index contributed by atoms with van der Waals surface area (Å²) in [6.07, 6.45) is 19.1.